The number of nitrogens with one attached hydrogen (secondary N) is 1. The van der Waals surface area contributed by atoms with Crippen molar-refractivity contribution in [2.45, 2.75) is 18.2 Å². The van der Waals surface area contributed by atoms with E-state index >= 15 is 0 Å². The van der Waals surface area contributed by atoms with Crippen LogP contribution in [0.1, 0.15) is 23.7 Å². The van der Waals surface area contributed by atoms with Crippen LogP contribution in [0.4, 0.5) is 5.82 Å². The molecule has 0 aliphatic rings. The average Bonchev–Trinajstić information content (AvgIpc) is 2.75. The standard InChI is InChI=1S/C21H27N3O6S2/c1-15(25)31-14-18(26)16-6-9-21(22-13-16)23-32(27,28)17-7-8-19(20(12-17)29-4)30-11-5-10-24(2)3/h6-9,12-13H,5,10-11,14H2,1-4H3,(H,22,23). The lowest BCUT2D eigenvalue weighted by atomic mass is 10.2. The van der Waals surface area contributed by atoms with E-state index in [4.69, 9.17) is 9.47 Å². The fraction of sp³-hybridized carbons (Fsp3) is 0.381. The van der Waals surface area contributed by atoms with E-state index in [1.165, 1.54) is 44.5 Å². The predicted octanol–water partition coefficient (Wildman–Crippen LogP) is 2.68. The number of rotatable bonds is 12. The maximum atomic E-state index is 12.8. The first-order valence-corrected chi connectivity index (χ1v) is 12.2. The molecule has 0 saturated heterocycles. The summed E-state index contributed by atoms with van der Waals surface area (Å²) in [5, 5.41) is -0.156. The number of hydrogen-bond acceptors (Lipinski definition) is 9. The second kappa shape index (κ2) is 11.8. The number of aromatic nitrogens is 1. The molecule has 0 bridgehead atoms. The monoisotopic (exact) mass is 481 g/mol. The number of ether oxygens (including phenoxy) is 2. The van der Waals surface area contributed by atoms with Crippen LogP contribution in [-0.2, 0) is 14.8 Å². The van der Waals surface area contributed by atoms with Crippen molar-refractivity contribution in [3.05, 3.63) is 42.1 Å². The lowest BCUT2D eigenvalue weighted by molar-refractivity contribution is -0.109. The van der Waals surface area contributed by atoms with E-state index in [2.05, 4.69) is 9.71 Å². The molecule has 32 heavy (non-hydrogen) atoms. The van der Waals surface area contributed by atoms with Gasteiger partial charge in [0.25, 0.3) is 10.0 Å². The quantitative estimate of drug-likeness (QED) is 0.361. The average molecular weight is 482 g/mol. The molecule has 0 saturated carbocycles. The molecule has 0 amide bonds. The Kier molecular flexibility index (Phi) is 9.48. The third-order valence-electron chi connectivity index (χ3n) is 4.18. The molecule has 0 radical (unpaired) electrons. The molecule has 0 atom stereocenters. The Morgan fingerprint density at radius 2 is 1.91 bits per heavy atom. The number of pyridine rings is 1. The summed E-state index contributed by atoms with van der Waals surface area (Å²) in [6.07, 6.45) is 2.08. The highest BCUT2D eigenvalue weighted by Crippen LogP contribution is 2.30. The van der Waals surface area contributed by atoms with Crippen LogP contribution in [0.25, 0.3) is 0 Å². The van der Waals surface area contributed by atoms with Crippen molar-refractivity contribution in [1.82, 2.24) is 9.88 Å². The van der Waals surface area contributed by atoms with Crippen LogP contribution in [0.3, 0.4) is 0 Å². The number of ketones is 1. The molecular formula is C21H27N3O6S2. The predicted molar refractivity (Wildman–Crippen MR) is 124 cm³/mol. The van der Waals surface area contributed by atoms with Crippen molar-refractivity contribution < 1.29 is 27.5 Å². The van der Waals surface area contributed by atoms with Gasteiger partial charge in [-0.2, -0.15) is 0 Å². The molecule has 2 aromatic rings. The Morgan fingerprint density at radius 1 is 1.16 bits per heavy atom. The zero-order valence-corrected chi connectivity index (χ0v) is 20.1. The summed E-state index contributed by atoms with van der Waals surface area (Å²) in [4.78, 5) is 29.0. The van der Waals surface area contributed by atoms with Gasteiger partial charge in [-0.25, -0.2) is 13.4 Å². The second-order valence-corrected chi connectivity index (χ2v) is 9.89. The van der Waals surface area contributed by atoms with Gasteiger partial charge in [0.05, 0.1) is 24.4 Å². The minimum Gasteiger partial charge on any atom is -0.493 e. The molecule has 0 unspecified atom stereocenters. The van der Waals surface area contributed by atoms with Gasteiger partial charge in [-0.3, -0.25) is 14.3 Å². The van der Waals surface area contributed by atoms with Gasteiger partial charge < -0.3 is 14.4 Å². The number of anilines is 1. The van der Waals surface area contributed by atoms with Crippen molar-refractivity contribution in [1.29, 1.82) is 0 Å². The number of carbonyl (C=O) groups is 2. The highest BCUT2D eigenvalue weighted by Gasteiger charge is 2.18. The summed E-state index contributed by atoms with van der Waals surface area (Å²) >= 11 is 0.906. The van der Waals surface area contributed by atoms with Gasteiger partial charge in [0.2, 0.25) is 0 Å². The number of thioether (sulfide) groups is 1. The van der Waals surface area contributed by atoms with Gasteiger partial charge in [-0.1, -0.05) is 11.8 Å². The summed E-state index contributed by atoms with van der Waals surface area (Å²) in [6.45, 7) is 2.72. The van der Waals surface area contributed by atoms with Crippen molar-refractivity contribution in [2.75, 3.05) is 44.8 Å². The number of nitrogens with zero attached hydrogens (tertiary/aromatic N) is 2. The first-order valence-electron chi connectivity index (χ1n) is 9.73. The van der Waals surface area contributed by atoms with Crippen LogP contribution >= 0.6 is 11.8 Å². The van der Waals surface area contributed by atoms with E-state index in [0.717, 1.165) is 24.7 Å². The largest absolute Gasteiger partial charge is 0.493 e. The molecule has 2 rings (SSSR count). The van der Waals surface area contributed by atoms with Crippen LogP contribution < -0.4 is 14.2 Å². The lowest BCUT2D eigenvalue weighted by Crippen LogP contribution is -2.16. The van der Waals surface area contributed by atoms with Crippen molar-refractivity contribution >= 4 is 38.5 Å². The molecule has 1 aromatic carbocycles. The summed E-state index contributed by atoms with van der Waals surface area (Å²) in [5.41, 5.74) is 0.291. The highest BCUT2D eigenvalue weighted by molar-refractivity contribution is 8.14. The van der Waals surface area contributed by atoms with Crippen molar-refractivity contribution in [3.63, 3.8) is 0 Å². The summed E-state index contributed by atoms with van der Waals surface area (Å²) in [6, 6.07) is 7.19. The van der Waals surface area contributed by atoms with E-state index in [0.29, 0.717) is 23.7 Å². The van der Waals surface area contributed by atoms with Gasteiger partial charge in [0.1, 0.15) is 5.82 Å². The zero-order chi connectivity index (χ0) is 23.7. The number of benzene rings is 1. The molecule has 1 N–H and O–H groups in total. The second-order valence-electron chi connectivity index (χ2n) is 7.06. The van der Waals surface area contributed by atoms with E-state index in [9.17, 15) is 18.0 Å². The van der Waals surface area contributed by atoms with E-state index < -0.39 is 10.0 Å². The molecule has 0 aliphatic heterocycles. The van der Waals surface area contributed by atoms with Gasteiger partial charge in [-0.05, 0) is 44.8 Å². The van der Waals surface area contributed by atoms with Crippen LogP contribution in [0.2, 0.25) is 0 Å². The maximum absolute atomic E-state index is 12.8. The fourth-order valence-corrected chi connectivity index (χ4v) is 4.09. The van der Waals surface area contributed by atoms with Crippen LogP contribution in [0.5, 0.6) is 11.5 Å². The van der Waals surface area contributed by atoms with Gasteiger partial charge >= 0.3 is 0 Å². The number of hydrogen-bond donors (Lipinski definition) is 1. The Labute approximate surface area is 192 Å². The van der Waals surface area contributed by atoms with Crippen molar-refractivity contribution in [2.24, 2.45) is 0 Å². The smallest absolute Gasteiger partial charge is 0.263 e. The Morgan fingerprint density at radius 3 is 2.50 bits per heavy atom. The lowest BCUT2D eigenvalue weighted by Gasteiger charge is -2.14. The van der Waals surface area contributed by atoms with Crippen molar-refractivity contribution in [3.8, 4) is 11.5 Å². The summed E-state index contributed by atoms with van der Waals surface area (Å²) in [7, 11) is 1.44. The Bertz CT molecular complexity index is 1040. The van der Waals surface area contributed by atoms with Crippen LogP contribution in [0, 0.1) is 0 Å². The molecule has 0 aliphatic carbocycles. The SMILES string of the molecule is COc1cc(S(=O)(=O)Nc2ccc(C(=O)CSC(C)=O)cn2)ccc1OCCCN(C)C. The maximum Gasteiger partial charge on any atom is 0.263 e. The van der Waals surface area contributed by atoms with Gasteiger partial charge in [0.15, 0.2) is 22.4 Å². The highest BCUT2D eigenvalue weighted by atomic mass is 32.2. The van der Waals surface area contributed by atoms with Crippen LogP contribution in [-0.4, -0.2) is 69.3 Å². The van der Waals surface area contributed by atoms with Crippen LogP contribution in [0.15, 0.2) is 41.4 Å². The zero-order valence-electron chi connectivity index (χ0n) is 18.5. The molecule has 11 heteroatoms. The molecular weight excluding hydrogens is 454 g/mol. The molecule has 1 aromatic heterocycles. The first-order chi connectivity index (χ1) is 15.1. The number of Topliss-reactive ketones (excluding diaryl/α,β-unsaturated/α-hetero) is 1. The fourth-order valence-electron chi connectivity index (χ4n) is 2.56. The molecule has 0 spiro atoms. The van der Waals surface area contributed by atoms with Gasteiger partial charge in [0, 0.05) is 31.3 Å². The summed E-state index contributed by atoms with van der Waals surface area (Å²) < 4.78 is 38.9. The minimum atomic E-state index is -3.94. The van der Waals surface area contributed by atoms with Gasteiger partial charge in [-0.15, -0.1) is 0 Å². The van der Waals surface area contributed by atoms with E-state index in [1.807, 2.05) is 19.0 Å². The molecule has 9 nitrogen and oxygen atoms in total. The number of methoxy groups -OCH3 is 1. The molecule has 174 valence electrons. The topological polar surface area (TPSA) is 115 Å². The third-order valence-corrected chi connectivity index (χ3v) is 6.35. The normalized spacial score (nSPS) is 11.3. The number of sulfonamides is 1. The Balaban J connectivity index is 2.07. The third kappa shape index (κ3) is 7.81. The minimum absolute atomic E-state index is 0.00540. The van der Waals surface area contributed by atoms with E-state index in [1.54, 1.807) is 6.07 Å². The molecule has 1 heterocycles. The van der Waals surface area contributed by atoms with E-state index in [-0.39, 0.29) is 27.4 Å². The molecule has 0 fully saturated rings. The Hall–Kier alpha value is -2.63. The summed E-state index contributed by atoms with van der Waals surface area (Å²) in [5.74, 6) is 0.553. The number of carbonyl (C=O) groups excluding carboxylic acids is 2. The first kappa shape index (κ1) is 25.6.